The molecule has 5 heteroatoms. The molecule has 5 nitrogen and oxygen atoms in total. The molecule has 0 radical (unpaired) electrons. The molecule has 3 rings (SSSR count). The normalized spacial score (nSPS) is 10.5. The number of carbonyl (C=O) groups excluding carboxylic acids is 2. The Morgan fingerprint density at radius 3 is 2.27 bits per heavy atom. The SMILES string of the molecule is CC(C)COc1cccc(C(=O)Nc2ccc(C(=O)NCc3ccccc3)cc2)c1. The van der Waals surface area contributed by atoms with Crippen LogP contribution in [0.5, 0.6) is 5.75 Å². The second-order valence-electron chi connectivity index (χ2n) is 7.43. The zero-order valence-corrected chi connectivity index (χ0v) is 17.2. The number of anilines is 1. The molecule has 3 aromatic rings. The summed E-state index contributed by atoms with van der Waals surface area (Å²) in [5.41, 5.74) is 2.70. The molecule has 30 heavy (non-hydrogen) atoms. The van der Waals surface area contributed by atoms with Crippen LogP contribution in [0.2, 0.25) is 0 Å². The van der Waals surface area contributed by atoms with E-state index in [2.05, 4.69) is 24.5 Å². The summed E-state index contributed by atoms with van der Waals surface area (Å²) in [5.74, 6) is 0.686. The standard InChI is InChI=1S/C25H26N2O3/c1-18(2)17-30-23-10-6-9-21(15-23)25(29)27-22-13-11-20(12-14-22)24(28)26-16-19-7-4-3-5-8-19/h3-15,18H,16-17H2,1-2H3,(H,26,28)(H,27,29). The van der Waals surface area contributed by atoms with E-state index < -0.39 is 0 Å². The third-order valence-electron chi connectivity index (χ3n) is 4.38. The first kappa shape index (κ1) is 21.1. The Balaban J connectivity index is 1.56. The van der Waals surface area contributed by atoms with Gasteiger partial charge < -0.3 is 15.4 Å². The highest BCUT2D eigenvalue weighted by atomic mass is 16.5. The number of amides is 2. The lowest BCUT2D eigenvalue weighted by molar-refractivity contribution is 0.0950. The van der Waals surface area contributed by atoms with Crippen molar-refractivity contribution in [3.8, 4) is 5.75 Å². The minimum absolute atomic E-state index is 0.160. The summed E-state index contributed by atoms with van der Waals surface area (Å²) in [4.78, 5) is 24.8. The fourth-order valence-corrected chi connectivity index (χ4v) is 2.78. The molecule has 2 amide bonds. The topological polar surface area (TPSA) is 67.4 Å². The van der Waals surface area contributed by atoms with Gasteiger partial charge in [-0.05, 0) is 53.9 Å². The van der Waals surface area contributed by atoms with Crippen LogP contribution in [0.1, 0.15) is 40.1 Å². The molecule has 0 saturated carbocycles. The molecule has 0 saturated heterocycles. The highest BCUT2D eigenvalue weighted by molar-refractivity contribution is 6.04. The lowest BCUT2D eigenvalue weighted by Crippen LogP contribution is -2.22. The van der Waals surface area contributed by atoms with Crippen molar-refractivity contribution >= 4 is 17.5 Å². The number of carbonyl (C=O) groups is 2. The van der Waals surface area contributed by atoms with Crippen LogP contribution in [0.3, 0.4) is 0 Å². The largest absolute Gasteiger partial charge is 0.493 e. The van der Waals surface area contributed by atoms with E-state index in [0.717, 1.165) is 5.56 Å². The molecule has 154 valence electrons. The summed E-state index contributed by atoms with van der Waals surface area (Å²) in [6.45, 7) is 5.20. The second-order valence-corrected chi connectivity index (χ2v) is 7.43. The van der Waals surface area contributed by atoms with Crippen molar-refractivity contribution in [2.45, 2.75) is 20.4 Å². The Hall–Kier alpha value is -3.60. The highest BCUT2D eigenvalue weighted by Crippen LogP contribution is 2.17. The second kappa shape index (κ2) is 10.3. The van der Waals surface area contributed by atoms with Crippen molar-refractivity contribution in [1.29, 1.82) is 0 Å². The molecule has 0 aliphatic carbocycles. The molecule has 0 spiro atoms. The summed E-state index contributed by atoms with van der Waals surface area (Å²) in [5, 5.41) is 5.74. The Kier molecular flexibility index (Phi) is 7.22. The van der Waals surface area contributed by atoms with Crippen LogP contribution >= 0.6 is 0 Å². The van der Waals surface area contributed by atoms with Gasteiger partial charge in [-0.25, -0.2) is 0 Å². The Bertz CT molecular complexity index is 983. The summed E-state index contributed by atoms with van der Waals surface area (Å²) < 4.78 is 5.68. The fourth-order valence-electron chi connectivity index (χ4n) is 2.78. The van der Waals surface area contributed by atoms with Crippen LogP contribution in [0.25, 0.3) is 0 Å². The van der Waals surface area contributed by atoms with E-state index in [1.807, 2.05) is 36.4 Å². The van der Waals surface area contributed by atoms with Crippen LogP contribution in [0.15, 0.2) is 78.9 Å². The Labute approximate surface area is 177 Å². The van der Waals surface area contributed by atoms with E-state index in [0.29, 0.717) is 41.6 Å². The minimum Gasteiger partial charge on any atom is -0.493 e. The van der Waals surface area contributed by atoms with Crippen molar-refractivity contribution in [1.82, 2.24) is 5.32 Å². The van der Waals surface area contributed by atoms with Crippen LogP contribution < -0.4 is 15.4 Å². The van der Waals surface area contributed by atoms with Crippen LogP contribution in [-0.4, -0.2) is 18.4 Å². The first-order valence-corrected chi connectivity index (χ1v) is 9.97. The van der Waals surface area contributed by atoms with Crippen LogP contribution in [0.4, 0.5) is 5.69 Å². The Morgan fingerprint density at radius 2 is 1.57 bits per heavy atom. The minimum atomic E-state index is -0.230. The van der Waals surface area contributed by atoms with Gasteiger partial charge in [0.15, 0.2) is 0 Å². The molecule has 0 aromatic heterocycles. The molecule has 0 fully saturated rings. The fraction of sp³-hybridized carbons (Fsp3) is 0.200. The van der Waals surface area contributed by atoms with Gasteiger partial charge in [0, 0.05) is 23.4 Å². The molecule has 0 unspecified atom stereocenters. The van der Waals surface area contributed by atoms with Crippen molar-refractivity contribution < 1.29 is 14.3 Å². The predicted molar refractivity (Wildman–Crippen MR) is 119 cm³/mol. The maximum Gasteiger partial charge on any atom is 0.255 e. The molecule has 0 atom stereocenters. The smallest absolute Gasteiger partial charge is 0.255 e. The number of rotatable bonds is 8. The average molecular weight is 402 g/mol. The monoisotopic (exact) mass is 402 g/mol. The van der Waals surface area contributed by atoms with Gasteiger partial charge in [-0.1, -0.05) is 50.2 Å². The summed E-state index contributed by atoms with van der Waals surface area (Å²) >= 11 is 0. The summed E-state index contributed by atoms with van der Waals surface area (Å²) in [7, 11) is 0. The number of nitrogens with one attached hydrogen (secondary N) is 2. The maximum absolute atomic E-state index is 12.5. The van der Waals surface area contributed by atoms with Crippen molar-refractivity contribution in [3.05, 3.63) is 95.6 Å². The van der Waals surface area contributed by atoms with Crippen molar-refractivity contribution in [3.63, 3.8) is 0 Å². The van der Waals surface area contributed by atoms with Gasteiger partial charge in [0.2, 0.25) is 0 Å². The first-order valence-electron chi connectivity index (χ1n) is 9.97. The summed E-state index contributed by atoms with van der Waals surface area (Å²) in [6.07, 6.45) is 0. The number of hydrogen-bond donors (Lipinski definition) is 2. The van der Waals surface area contributed by atoms with Gasteiger partial charge in [-0.3, -0.25) is 9.59 Å². The van der Waals surface area contributed by atoms with E-state index in [9.17, 15) is 9.59 Å². The molecule has 0 aliphatic heterocycles. The maximum atomic E-state index is 12.5. The summed E-state index contributed by atoms with van der Waals surface area (Å²) in [6, 6.07) is 23.6. The zero-order valence-electron chi connectivity index (χ0n) is 17.2. The van der Waals surface area contributed by atoms with Gasteiger partial charge in [0.05, 0.1) is 6.61 Å². The number of hydrogen-bond acceptors (Lipinski definition) is 3. The third kappa shape index (κ3) is 6.21. The van der Waals surface area contributed by atoms with E-state index in [1.54, 1.807) is 42.5 Å². The van der Waals surface area contributed by atoms with Gasteiger partial charge in [-0.2, -0.15) is 0 Å². The average Bonchev–Trinajstić information content (AvgIpc) is 2.77. The predicted octanol–water partition coefficient (Wildman–Crippen LogP) is 4.90. The van der Waals surface area contributed by atoms with Crippen molar-refractivity contribution in [2.75, 3.05) is 11.9 Å². The zero-order chi connectivity index (χ0) is 21.3. The lowest BCUT2D eigenvalue weighted by Gasteiger charge is -2.11. The molecular weight excluding hydrogens is 376 g/mol. The number of benzene rings is 3. The van der Waals surface area contributed by atoms with E-state index in [4.69, 9.17) is 4.74 Å². The van der Waals surface area contributed by atoms with Crippen LogP contribution in [-0.2, 0) is 6.54 Å². The van der Waals surface area contributed by atoms with E-state index in [-0.39, 0.29) is 11.8 Å². The highest BCUT2D eigenvalue weighted by Gasteiger charge is 2.09. The molecule has 0 heterocycles. The molecule has 3 aromatic carbocycles. The third-order valence-corrected chi connectivity index (χ3v) is 4.38. The lowest BCUT2D eigenvalue weighted by atomic mass is 10.1. The van der Waals surface area contributed by atoms with Gasteiger partial charge >= 0.3 is 0 Å². The van der Waals surface area contributed by atoms with E-state index >= 15 is 0 Å². The molecular formula is C25H26N2O3. The van der Waals surface area contributed by atoms with Crippen LogP contribution in [0, 0.1) is 5.92 Å². The van der Waals surface area contributed by atoms with Gasteiger partial charge in [0.25, 0.3) is 11.8 Å². The molecule has 0 aliphatic rings. The Morgan fingerprint density at radius 1 is 0.833 bits per heavy atom. The van der Waals surface area contributed by atoms with Crippen molar-refractivity contribution in [2.24, 2.45) is 5.92 Å². The van der Waals surface area contributed by atoms with Gasteiger partial charge in [0.1, 0.15) is 5.75 Å². The number of ether oxygens (including phenoxy) is 1. The molecule has 2 N–H and O–H groups in total. The first-order chi connectivity index (χ1) is 14.5. The quantitative estimate of drug-likeness (QED) is 0.563. The van der Waals surface area contributed by atoms with Gasteiger partial charge in [-0.15, -0.1) is 0 Å². The molecule has 0 bridgehead atoms. The van der Waals surface area contributed by atoms with E-state index in [1.165, 1.54) is 0 Å².